The molecule has 0 radical (unpaired) electrons. The van der Waals surface area contributed by atoms with E-state index in [-0.39, 0.29) is 17.5 Å². The van der Waals surface area contributed by atoms with Gasteiger partial charge in [-0.3, -0.25) is 4.79 Å². The lowest BCUT2D eigenvalue weighted by atomic mass is 9.86. The minimum atomic E-state index is -4.38. The molecule has 21 heavy (non-hydrogen) atoms. The van der Waals surface area contributed by atoms with Gasteiger partial charge in [-0.15, -0.1) is 0 Å². The summed E-state index contributed by atoms with van der Waals surface area (Å²) in [7, 11) is 0. The highest BCUT2D eigenvalue weighted by Crippen LogP contribution is 2.29. The van der Waals surface area contributed by atoms with Gasteiger partial charge in [-0.1, -0.05) is 6.42 Å². The third-order valence-electron chi connectivity index (χ3n) is 3.85. The first kappa shape index (κ1) is 15.8. The number of halogens is 3. The Morgan fingerprint density at radius 3 is 2.48 bits per heavy atom. The summed E-state index contributed by atoms with van der Waals surface area (Å²) < 4.78 is 37.3. The molecular formula is C15H19F3N2O. The summed E-state index contributed by atoms with van der Waals surface area (Å²) in [6, 6.07) is 4.43. The molecule has 2 atom stereocenters. The predicted molar refractivity (Wildman–Crippen MR) is 73.7 cm³/mol. The van der Waals surface area contributed by atoms with Crippen molar-refractivity contribution in [3.8, 4) is 0 Å². The van der Waals surface area contributed by atoms with E-state index in [1.165, 1.54) is 12.1 Å². The molecule has 1 aromatic carbocycles. The van der Waals surface area contributed by atoms with Gasteiger partial charge in [-0.25, -0.2) is 0 Å². The van der Waals surface area contributed by atoms with Crippen molar-refractivity contribution < 1.29 is 18.0 Å². The van der Waals surface area contributed by atoms with Crippen LogP contribution < -0.4 is 11.1 Å². The molecule has 3 N–H and O–H groups in total. The highest BCUT2D eigenvalue weighted by molar-refractivity contribution is 5.94. The fraction of sp³-hybridized carbons (Fsp3) is 0.533. The van der Waals surface area contributed by atoms with E-state index < -0.39 is 11.7 Å². The number of amides is 1. The van der Waals surface area contributed by atoms with Gasteiger partial charge < -0.3 is 11.1 Å². The lowest BCUT2D eigenvalue weighted by molar-refractivity contribution is -0.137. The summed E-state index contributed by atoms with van der Waals surface area (Å²) >= 11 is 0. The molecule has 0 aliphatic heterocycles. The average molecular weight is 300 g/mol. The molecule has 2 unspecified atom stereocenters. The maximum Gasteiger partial charge on any atom is 0.416 e. The lowest BCUT2D eigenvalue weighted by Gasteiger charge is -2.26. The molecular weight excluding hydrogens is 281 g/mol. The van der Waals surface area contributed by atoms with Crippen molar-refractivity contribution in [1.82, 2.24) is 5.32 Å². The monoisotopic (exact) mass is 300 g/mol. The summed E-state index contributed by atoms with van der Waals surface area (Å²) in [4.78, 5) is 11.9. The molecule has 1 aliphatic rings. The van der Waals surface area contributed by atoms with Gasteiger partial charge in [0.2, 0.25) is 0 Å². The Morgan fingerprint density at radius 1 is 1.24 bits per heavy atom. The van der Waals surface area contributed by atoms with E-state index in [9.17, 15) is 18.0 Å². The van der Waals surface area contributed by atoms with Crippen LogP contribution in [-0.2, 0) is 6.18 Å². The van der Waals surface area contributed by atoms with Gasteiger partial charge in [-0.2, -0.15) is 13.2 Å². The Balaban J connectivity index is 1.88. The van der Waals surface area contributed by atoms with E-state index in [0.29, 0.717) is 12.5 Å². The summed E-state index contributed by atoms with van der Waals surface area (Å²) in [5.41, 5.74) is 5.37. The van der Waals surface area contributed by atoms with Crippen molar-refractivity contribution in [3.63, 3.8) is 0 Å². The number of hydrogen-bond acceptors (Lipinski definition) is 2. The van der Waals surface area contributed by atoms with Crippen molar-refractivity contribution in [2.75, 3.05) is 6.54 Å². The minimum absolute atomic E-state index is 0.187. The molecule has 116 valence electrons. The van der Waals surface area contributed by atoms with Gasteiger partial charge in [0.05, 0.1) is 5.56 Å². The number of carbonyl (C=O) groups is 1. The van der Waals surface area contributed by atoms with Gasteiger partial charge >= 0.3 is 6.18 Å². The largest absolute Gasteiger partial charge is 0.416 e. The number of nitrogens with two attached hydrogens (primary N) is 1. The van der Waals surface area contributed by atoms with Gasteiger partial charge in [0.15, 0.2) is 0 Å². The Kier molecular flexibility index (Phi) is 4.88. The summed E-state index contributed by atoms with van der Waals surface area (Å²) in [6.45, 7) is 0.521. The van der Waals surface area contributed by atoms with Crippen LogP contribution in [0.3, 0.4) is 0 Å². The second-order valence-electron chi connectivity index (χ2n) is 5.58. The number of nitrogens with one attached hydrogen (secondary N) is 1. The standard InChI is InChI=1S/C15H19F3N2O/c16-15(17,18)12-6-4-11(5-7-12)14(21)20-9-10-2-1-3-13(19)8-10/h4-7,10,13H,1-3,8-9,19H2,(H,20,21). The zero-order valence-electron chi connectivity index (χ0n) is 11.6. The summed E-state index contributed by atoms with van der Waals surface area (Å²) in [5, 5.41) is 2.77. The van der Waals surface area contributed by atoms with Gasteiger partial charge in [0.1, 0.15) is 0 Å². The normalized spacial score (nSPS) is 22.9. The zero-order valence-corrected chi connectivity index (χ0v) is 11.6. The van der Waals surface area contributed by atoms with Crippen molar-refractivity contribution in [2.45, 2.75) is 37.9 Å². The molecule has 0 spiro atoms. The maximum atomic E-state index is 12.4. The second kappa shape index (κ2) is 6.47. The first-order valence-corrected chi connectivity index (χ1v) is 7.07. The molecule has 0 heterocycles. The van der Waals surface area contributed by atoms with Crippen LogP contribution in [0.2, 0.25) is 0 Å². The van der Waals surface area contributed by atoms with Crippen molar-refractivity contribution in [1.29, 1.82) is 0 Å². The average Bonchev–Trinajstić information content (AvgIpc) is 2.44. The Bertz CT molecular complexity index is 485. The molecule has 0 saturated heterocycles. The SMILES string of the molecule is NC1CCCC(CNC(=O)c2ccc(C(F)(F)F)cc2)C1. The van der Waals surface area contributed by atoms with Crippen LogP contribution in [0, 0.1) is 5.92 Å². The van der Waals surface area contributed by atoms with Crippen molar-refractivity contribution >= 4 is 5.91 Å². The van der Waals surface area contributed by atoms with Gasteiger partial charge in [0, 0.05) is 18.2 Å². The van der Waals surface area contributed by atoms with Crippen LogP contribution in [-0.4, -0.2) is 18.5 Å². The number of benzene rings is 1. The highest BCUT2D eigenvalue weighted by atomic mass is 19.4. The van der Waals surface area contributed by atoms with Crippen molar-refractivity contribution in [3.05, 3.63) is 35.4 Å². The quantitative estimate of drug-likeness (QED) is 0.901. The van der Waals surface area contributed by atoms with Crippen LogP contribution in [0.25, 0.3) is 0 Å². The molecule has 2 rings (SSSR count). The van der Waals surface area contributed by atoms with Crippen LogP contribution in [0.15, 0.2) is 24.3 Å². The van der Waals surface area contributed by atoms with Crippen LogP contribution in [0.5, 0.6) is 0 Å². The molecule has 1 fully saturated rings. The molecule has 0 bridgehead atoms. The fourth-order valence-electron chi connectivity index (χ4n) is 2.67. The van der Waals surface area contributed by atoms with Crippen LogP contribution in [0.4, 0.5) is 13.2 Å². The van der Waals surface area contributed by atoms with E-state index >= 15 is 0 Å². The molecule has 0 aromatic heterocycles. The lowest BCUT2D eigenvalue weighted by Crippen LogP contribution is -2.35. The molecule has 3 nitrogen and oxygen atoms in total. The van der Waals surface area contributed by atoms with E-state index in [0.717, 1.165) is 37.8 Å². The van der Waals surface area contributed by atoms with Crippen molar-refractivity contribution in [2.24, 2.45) is 11.7 Å². The molecule has 6 heteroatoms. The first-order chi connectivity index (χ1) is 9.86. The zero-order chi connectivity index (χ0) is 15.5. The Morgan fingerprint density at radius 2 is 1.90 bits per heavy atom. The predicted octanol–water partition coefficient (Wildman–Crippen LogP) is 2.95. The molecule has 1 aromatic rings. The second-order valence-corrected chi connectivity index (χ2v) is 5.58. The van der Waals surface area contributed by atoms with E-state index in [1.54, 1.807) is 0 Å². The third kappa shape index (κ3) is 4.46. The number of hydrogen-bond donors (Lipinski definition) is 2. The molecule has 1 aliphatic carbocycles. The maximum absolute atomic E-state index is 12.4. The molecule has 1 amide bonds. The Labute approximate surface area is 121 Å². The van der Waals surface area contributed by atoms with E-state index in [1.807, 2.05) is 0 Å². The van der Waals surface area contributed by atoms with Crippen LogP contribution in [0.1, 0.15) is 41.6 Å². The smallest absolute Gasteiger partial charge is 0.352 e. The van der Waals surface area contributed by atoms with E-state index in [4.69, 9.17) is 5.73 Å². The summed E-state index contributed by atoms with van der Waals surface area (Å²) in [5.74, 6) is 0.00928. The van der Waals surface area contributed by atoms with Crippen LogP contribution >= 0.6 is 0 Å². The fourth-order valence-corrected chi connectivity index (χ4v) is 2.67. The first-order valence-electron chi connectivity index (χ1n) is 7.07. The minimum Gasteiger partial charge on any atom is -0.352 e. The Hall–Kier alpha value is -1.56. The number of rotatable bonds is 3. The van der Waals surface area contributed by atoms with E-state index in [2.05, 4.69) is 5.32 Å². The number of carbonyl (C=O) groups excluding carboxylic acids is 1. The number of alkyl halides is 3. The molecule has 1 saturated carbocycles. The van der Waals surface area contributed by atoms with Gasteiger partial charge in [0.25, 0.3) is 5.91 Å². The van der Waals surface area contributed by atoms with Gasteiger partial charge in [-0.05, 0) is 49.4 Å². The third-order valence-corrected chi connectivity index (χ3v) is 3.85. The summed E-state index contributed by atoms with van der Waals surface area (Å²) in [6.07, 6.45) is -0.396. The topological polar surface area (TPSA) is 55.1 Å². The highest BCUT2D eigenvalue weighted by Gasteiger charge is 2.30.